The van der Waals surface area contributed by atoms with Crippen molar-refractivity contribution >= 4 is 18.3 Å². The molecule has 20 heteroatoms. The minimum absolute atomic E-state index is 0.00348. The third kappa shape index (κ3) is 11.0. The molecule has 4 heterocycles. The number of ether oxygens (including phenoxy) is 8. The summed E-state index contributed by atoms with van der Waals surface area (Å²) in [5.41, 5.74) is 9.07. The van der Waals surface area contributed by atoms with Crippen LogP contribution >= 0.6 is 0 Å². The summed E-state index contributed by atoms with van der Waals surface area (Å²) in [5.74, 6) is 0. The molecule has 4 aliphatic heterocycles. The van der Waals surface area contributed by atoms with Crippen molar-refractivity contribution in [2.45, 2.75) is 137 Å². The zero-order chi connectivity index (χ0) is 45.6. The van der Waals surface area contributed by atoms with Gasteiger partial charge in [-0.1, -0.05) is 91.0 Å². The molecule has 352 valence electrons. The molecule has 16 atom stereocenters. The summed E-state index contributed by atoms with van der Waals surface area (Å²) in [6.07, 6.45) is -15.2. The molecule has 0 radical (unpaired) electrons. The number of aliphatic hydroxyl groups is 4. The van der Waals surface area contributed by atoms with Gasteiger partial charge in [-0.2, -0.15) is 0 Å². The monoisotopic (exact) mass is 907 g/mol. The number of benzene rings is 3. The van der Waals surface area contributed by atoms with E-state index in [2.05, 4.69) is 16.0 Å². The summed E-state index contributed by atoms with van der Waals surface area (Å²) >= 11 is 0. The summed E-state index contributed by atoms with van der Waals surface area (Å²) < 4.78 is 48.5. The Hall–Kier alpha value is -4.97. The minimum atomic E-state index is -1.62. The van der Waals surface area contributed by atoms with E-state index < -0.39 is 123 Å². The Bertz CT molecular complexity index is 2030. The van der Waals surface area contributed by atoms with Crippen molar-refractivity contribution in [1.82, 2.24) is 20.9 Å². The molecule has 5 fully saturated rings. The van der Waals surface area contributed by atoms with Gasteiger partial charge in [-0.25, -0.2) is 14.4 Å². The van der Waals surface area contributed by atoms with Gasteiger partial charge in [0.15, 0.2) is 25.0 Å². The summed E-state index contributed by atoms with van der Waals surface area (Å²) in [4.78, 5) is 40.5. The highest BCUT2D eigenvalue weighted by molar-refractivity contribution is 5.71. The molecule has 0 spiro atoms. The maximum atomic E-state index is 13.4. The van der Waals surface area contributed by atoms with Gasteiger partial charge in [0.1, 0.15) is 43.7 Å². The topological polar surface area (TPSA) is 271 Å². The standard InChI is InChI=1S/C45H57N5O15/c1-50-35-39(64-45(50)57)38-32(61-41(35)65-42-37(54)36(53)34(33(21-51)62-42)47-20-24-11-5-2-6-12-24)18-29(49-44(56)59-23-26-15-9-4-10-16-26)40(63-38)60-31-19-30(52)28(17-27(31)46)48-43(55)58-22-25-13-7-3-8-14-25/h2-16,27-42,47,51-54H,17-23,46H2,1H3,(H,48,55)(H,49,56)/t27?,28-,29+,30+,31+,32+,33?,34-,35?,36+,37?,38?,39?,40+,41?,42-/m1/s1. The summed E-state index contributed by atoms with van der Waals surface area (Å²) in [5, 5.41) is 52.8. The second-order valence-corrected chi connectivity index (χ2v) is 16.9. The molecular weight excluding hydrogens is 851 g/mol. The fourth-order valence-corrected chi connectivity index (χ4v) is 9.00. The minimum Gasteiger partial charge on any atom is -0.445 e. The van der Waals surface area contributed by atoms with Crippen molar-refractivity contribution < 1.29 is 72.7 Å². The van der Waals surface area contributed by atoms with Crippen molar-refractivity contribution in [2.24, 2.45) is 5.73 Å². The fraction of sp³-hybridized carbons (Fsp3) is 0.533. The van der Waals surface area contributed by atoms with Gasteiger partial charge < -0.3 is 80.0 Å². The molecule has 3 amide bonds. The van der Waals surface area contributed by atoms with Crippen LogP contribution in [0.4, 0.5) is 14.4 Å². The number of hydrogen-bond donors (Lipinski definition) is 8. The third-order valence-corrected chi connectivity index (χ3v) is 12.5. The SMILES string of the molecule is CN1C(=O)OC2C3O[C@H](O[C@H]4C[C@H](O)[C@H](NC(=O)OCc5ccccc5)CC4N)[C@@H](NC(=O)OCc4ccccc4)C[C@@H]3OC(O[C@H]3OC(CO)[C@@H](NCc4ccccc4)[C@H](O)C3O)C21. The number of carbonyl (C=O) groups excluding carboxylic acids is 3. The maximum absolute atomic E-state index is 13.4. The Labute approximate surface area is 375 Å². The van der Waals surface area contributed by atoms with E-state index in [-0.39, 0.29) is 32.5 Å². The molecule has 5 aliphatic rings. The van der Waals surface area contributed by atoms with E-state index in [1.54, 1.807) is 12.1 Å². The van der Waals surface area contributed by atoms with E-state index in [1.807, 2.05) is 78.9 Å². The largest absolute Gasteiger partial charge is 0.445 e. The first-order valence-electron chi connectivity index (χ1n) is 21.8. The zero-order valence-electron chi connectivity index (χ0n) is 35.7. The molecule has 8 rings (SSSR count). The lowest BCUT2D eigenvalue weighted by molar-refractivity contribution is -0.371. The van der Waals surface area contributed by atoms with Gasteiger partial charge in [-0.05, 0) is 23.1 Å². The molecule has 9 N–H and O–H groups in total. The summed E-state index contributed by atoms with van der Waals surface area (Å²) in [7, 11) is 1.48. The molecule has 65 heavy (non-hydrogen) atoms. The number of nitrogens with two attached hydrogens (primary N) is 1. The average Bonchev–Trinajstić information content (AvgIpc) is 3.62. The highest BCUT2D eigenvalue weighted by atomic mass is 16.8. The highest BCUT2D eigenvalue weighted by Gasteiger charge is 2.61. The number of nitrogens with one attached hydrogen (secondary N) is 3. The highest BCUT2D eigenvalue weighted by Crippen LogP contribution is 2.41. The molecule has 3 aromatic rings. The number of nitrogens with zero attached hydrogens (tertiary/aromatic N) is 1. The van der Waals surface area contributed by atoms with Crippen molar-refractivity contribution in [3.05, 3.63) is 108 Å². The second kappa shape index (κ2) is 21.1. The maximum Gasteiger partial charge on any atom is 0.410 e. The fourth-order valence-electron chi connectivity index (χ4n) is 9.00. The van der Waals surface area contributed by atoms with E-state index >= 15 is 0 Å². The smallest absolute Gasteiger partial charge is 0.410 e. The van der Waals surface area contributed by atoms with Gasteiger partial charge >= 0.3 is 18.3 Å². The lowest BCUT2D eigenvalue weighted by Gasteiger charge is -2.51. The quantitative estimate of drug-likeness (QED) is 0.104. The van der Waals surface area contributed by atoms with E-state index in [1.165, 1.54) is 11.9 Å². The Balaban J connectivity index is 0.956. The Kier molecular flexibility index (Phi) is 15.1. The number of fused-ring (bicyclic) bond motifs is 3. The average molecular weight is 908 g/mol. The lowest BCUT2D eigenvalue weighted by Crippen LogP contribution is -2.69. The van der Waals surface area contributed by atoms with Gasteiger partial charge in [-0.3, -0.25) is 4.90 Å². The van der Waals surface area contributed by atoms with Crippen molar-refractivity contribution in [1.29, 1.82) is 0 Å². The van der Waals surface area contributed by atoms with Crippen LogP contribution in [0.2, 0.25) is 0 Å². The number of alkyl carbamates (subject to hydrolysis) is 2. The third-order valence-electron chi connectivity index (χ3n) is 12.5. The van der Waals surface area contributed by atoms with Crippen LogP contribution in [-0.4, -0.2) is 155 Å². The Morgan fingerprint density at radius 1 is 0.723 bits per heavy atom. The molecule has 4 saturated heterocycles. The van der Waals surface area contributed by atoms with Gasteiger partial charge in [0, 0.05) is 32.5 Å². The summed E-state index contributed by atoms with van der Waals surface area (Å²) in [6, 6.07) is 23.3. The first kappa shape index (κ1) is 46.6. The predicted octanol–water partition coefficient (Wildman–Crippen LogP) is 0.717. The molecule has 1 saturated carbocycles. The number of amides is 3. The molecule has 1 aliphatic carbocycles. The van der Waals surface area contributed by atoms with E-state index in [9.17, 15) is 34.8 Å². The van der Waals surface area contributed by atoms with E-state index in [4.69, 9.17) is 43.6 Å². The van der Waals surface area contributed by atoms with Crippen LogP contribution in [0.1, 0.15) is 36.0 Å². The second-order valence-electron chi connectivity index (χ2n) is 16.9. The number of aliphatic hydroxyl groups excluding tert-OH is 4. The first-order chi connectivity index (χ1) is 31.4. The first-order valence-corrected chi connectivity index (χ1v) is 21.8. The van der Waals surface area contributed by atoms with E-state index in [0.29, 0.717) is 6.54 Å². The normalized spacial score (nSPS) is 35.5. The van der Waals surface area contributed by atoms with Gasteiger partial charge in [0.2, 0.25) is 0 Å². The lowest BCUT2D eigenvalue weighted by atomic mass is 9.86. The van der Waals surface area contributed by atoms with E-state index in [0.717, 1.165) is 16.7 Å². The molecule has 0 aromatic heterocycles. The number of likely N-dealkylation sites (N-methyl/N-ethyl adjacent to an activating group) is 1. The molecule has 7 unspecified atom stereocenters. The van der Waals surface area contributed by atoms with Gasteiger partial charge in [0.25, 0.3) is 0 Å². The number of rotatable bonds is 14. The van der Waals surface area contributed by atoms with Crippen molar-refractivity contribution in [2.75, 3.05) is 13.7 Å². The Morgan fingerprint density at radius 3 is 1.94 bits per heavy atom. The van der Waals surface area contributed by atoms with Crippen LogP contribution in [0.3, 0.4) is 0 Å². The molecule has 20 nitrogen and oxygen atoms in total. The molecule has 0 bridgehead atoms. The van der Waals surface area contributed by atoms with Crippen LogP contribution in [-0.2, 0) is 57.7 Å². The van der Waals surface area contributed by atoms with Crippen LogP contribution in [0.5, 0.6) is 0 Å². The zero-order valence-corrected chi connectivity index (χ0v) is 35.7. The van der Waals surface area contributed by atoms with Crippen LogP contribution < -0.4 is 21.7 Å². The predicted molar refractivity (Wildman–Crippen MR) is 225 cm³/mol. The molecule has 3 aromatic carbocycles. The van der Waals surface area contributed by atoms with Crippen molar-refractivity contribution in [3.8, 4) is 0 Å². The number of carbonyl (C=O) groups is 3. The van der Waals surface area contributed by atoms with Crippen LogP contribution in [0, 0.1) is 0 Å². The Morgan fingerprint density at radius 2 is 1.32 bits per heavy atom. The van der Waals surface area contributed by atoms with Crippen LogP contribution in [0.15, 0.2) is 91.0 Å². The molecular formula is C45H57N5O15. The van der Waals surface area contributed by atoms with Gasteiger partial charge in [-0.15, -0.1) is 0 Å². The van der Waals surface area contributed by atoms with Gasteiger partial charge in [0.05, 0.1) is 43.0 Å². The van der Waals surface area contributed by atoms with Crippen molar-refractivity contribution in [3.63, 3.8) is 0 Å². The summed E-state index contributed by atoms with van der Waals surface area (Å²) in [6.45, 7) is -0.203. The number of hydrogen-bond acceptors (Lipinski definition) is 17. The van der Waals surface area contributed by atoms with Crippen LogP contribution in [0.25, 0.3) is 0 Å².